The number of benzene rings is 1. The highest BCUT2D eigenvalue weighted by Gasteiger charge is 2.46. The number of likely N-dealkylation sites (N-methyl/N-ethyl adjacent to an activating group) is 1. The lowest BCUT2D eigenvalue weighted by Crippen LogP contribution is -2.64. The van der Waals surface area contributed by atoms with Crippen LogP contribution in [0.25, 0.3) is 10.9 Å². The van der Waals surface area contributed by atoms with Crippen LogP contribution in [-0.2, 0) is 22.7 Å². The molecule has 3 amide bonds. The summed E-state index contributed by atoms with van der Waals surface area (Å²) in [6.45, 7) is 6.18. The quantitative estimate of drug-likeness (QED) is 0.637. The Labute approximate surface area is 180 Å². The minimum atomic E-state index is -1.11. The standard InChI is InChI=1S/C23H26N4O4/c1-4-27-21(29)19-11-16-7-5-6-8-18(16)26(19)14-23(27,3)22(30)25-13-20(28)24-12-17-10-9-15(2)31-17/h5-11H,4,12-14H2,1-3H3,(H,24,28)(H,25,30)/t23-/m0/s1. The second-order valence-electron chi connectivity index (χ2n) is 7.97. The Morgan fingerprint density at radius 3 is 2.65 bits per heavy atom. The van der Waals surface area contributed by atoms with Gasteiger partial charge in [0.05, 0.1) is 19.6 Å². The number of fused-ring (bicyclic) bond motifs is 3. The third kappa shape index (κ3) is 3.69. The molecule has 4 rings (SSSR count). The fourth-order valence-corrected chi connectivity index (χ4v) is 4.18. The highest BCUT2D eigenvalue weighted by molar-refractivity contribution is 6.04. The van der Waals surface area contributed by atoms with Gasteiger partial charge in [-0.1, -0.05) is 18.2 Å². The third-order valence-electron chi connectivity index (χ3n) is 5.81. The molecule has 31 heavy (non-hydrogen) atoms. The molecule has 0 bridgehead atoms. The largest absolute Gasteiger partial charge is 0.465 e. The Morgan fingerprint density at radius 2 is 1.94 bits per heavy atom. The van der Waals surface area contributed by atoms with Crippen molar-refractivity contribution in [2.75, 3.05) is 13.1 Å². The Kier molecular flexibility index (Phi) is 5.31. The molecule has 0 unspecified atom stereocenters. The molecule has 0 fully saturated rings. The van der Waals surface area contributed by atoms with Gasteiger partial charge in [0.25, 0.3) is 5.91 Å². The van der Waals surface area contributed by atoms with Crippen LogP contribution in [0.4, 0.5) is 0 Å². The molecule has 0 radical (unpaired) electrons. The van der Waals surface area contributed by atoms with Crippen LogP contribution in [0.3, 0.4) is 0 Å². The van der Waals surface area contributed by atoms with Crippen molar-refractivity contribution < 1.29 is 18.8 Å². The van der Waals surface area contributed by atoms with Crippen LogP contribution >= 0.6 is 0 Å². The van der Waals surface area contributed by atoms with Crippen molar-refractivity contribution in [2.45, 2.75) is 39.4 Å². The molecule has 162 valence electrons. The maximum atomic E-state index is 13.2. The summed E-state index contributed by atoms with van der Waals surface area (Å²) in [6.07, 6.45) is 0. The molecule has 1 aromatic carbocycles. The van der Waals surface area contributed by atoms with Gasteiger partial charge >= 0.3 is 0 Å². The first kappa shape index (κ1) is 20.7. The van der Waals surface area contributed by atoms with Crippen molar-refractivity contribution in [3.63, 3.8) is 0 Å². The van der Waals surface area contributed by atoms with E-state index < -0.39 is 5.54 Å². The van der Waals surface area contributed by atoms with Crippen molar-refractivity contribution >= 4 is 28.6 Å². The smallest absolute Gasteiger partial charge is 0.271 e. The van der Waals surface area contributed by atoms with Crippen molar-refractivity contribution in [1.29, 1.82) is 0 Å². The average molecular weight is 422 g/mol. The van der Waals surface area contributed by atoms with E-state index in [-0.39, 0.29) is 30.8 Å². The predicted octanol–water partition coefficient (Wildman–Crippen LogP) is 2.21. The molecule has 8 heteroatoms. The van der Waals surface area contributed by atoms with Crippen molar-refractivity contribution in [2.24, 2.45) is 0 Å². The van der Waals surface area contributed by atoms with Gasteiger partial charge in [-0.3, -0.25) is 14.4 Å². The zero-order valence-electron chi connectivity index (χ0n) is 17.9. The van der Waals surface area contributed by atoms with Crippen LogP contribution in [0.2, 0.25) is 0 Å². The number of nitrogens with zero attached hydrogens (tertiary/aromatic N) is 2. The Bertz CT molecular complexity index is 1160. The van der Waals surface area contributed by atoms with Crippen LogP contribution in [0.15, 0.2) is 46.9 Å². The number of amides is 3. The minimum Gasteiger partial charge on any atom is -0.465 e. The molecule has 2 aromatic heterocycles. The summed E-state index contributed by atoms with van der Waals surface area (Å²) in [5.41, 5.74) is 0.367. The summed E-state index contributed by atoms with van der Waals surface area (Å²) in [4.78, 5) is 40.1. The van der Waals surface area contributed by atoms with Crippen LogP contribution in [-0.4, -0.2) is 45.8 Å². The highest BCUT2D eigenvalue weighted by Crippen LogP contribution is 2.32. The van der Waals surface area contributed by atoms with E-state index in [0.717, 1.165) is 16.7 Å². The van der Waals surface area contributed by atoms with E-state index >= 15 is 0 Å². The molecule has 3 aromatic rings. The molecule has 0 saturated heterocycles. The molecular weight excluding hydrogens is 396 g/mol. The number of furan rings is 1. The summed E-state index contributed by atoms with van der Waals surface area (Å²) in [5, 5.41) is 6.38. The van der Waals surface area contributed by atoms with Gasteiger partial charge in [0.2, 0.25) is 11.8 Å². The van der Waals surface area contributed by atoms with E-state index in [2.05, 4.69) is 10.6 Å². The van der Waals surface area contributed by atoms with E-state index in [0.29, 0.717) is 24.5 Å². The zero-order valence-corrected chi connectivity index (χ0v) is 17.9. The third-order valence-corrected chi connectivity index (χ3v) is 5.81. The zero-order chi connectivity index (χ0) is 22.2. The topological polar surface area (TPSA) is 96.6 Å². The number of aryl methyl sites for hydroxylation is 1. The monoisotopic (exact) mass is 422 g/mol. The van der Waals surface area contributed by atoms with E-state index in [1.165, 1.54) is 0 Å². The van der Waals surface area contributed by atoms with Crippen molar-refractivity contribution in [3.8, 4) is 0 Å². The van der Waals surface area contributed by atoms with E-state index in [1.54, 1.807) is 17.9 Å². The summed E-state index contributed by atoms with van der Waals surface area (Å²) >= 11 is 0. The van der Waals surface area contributed by atoms with Crippen LogP contribution < -0.4 is 10.6 Å². The van der Waals surface area contributed by atoms with Gasteiger partial charge < -0.3 is 24.5 Å². The van der Waals surface area contributed by atoms with E-state index in [1.807, 2.05) is 54.8 Å². The van der Waals surface area contributed by atoms with Gasteiger partial charge in [0.15, 0.2) is 0 Å². The Hall–Kier alpha value is -3.55. The van der Waals surface area contributed by atoms with Crippen molar-refractivity contribution in [1.82, 2.24) is 20.1 Å². The Balaban J connectivity index is 1.48. The SMILES string of the molecule is CCN1C(=O)c2cc3ccccc3n2C[C@@]1(C)C(=O)NCC(=O)NCc1ccc(C)o1. The molecule has 2 N–H and O–H groups in total. The van der Waals surface area contributed by atoms with Gasteiger partial charge in [-0.15, -0.1) is 0 Å². The molecule has 0 saturated carbocycles. The summed E-state index contributed by atoms with van der Waals surface area (Å²) in [6, 6.07) is 13.2. The average Bonchev–Trinajstić information content (AvgIpc) is 3.34. The molecule has 1 atom stereocenters. The van der Waals surface area contributed by atoms with Gasteiger partial charge in [-0.05, 0) is 45.0 Å². The van der Waals surface area contributed by atoms with Gasteiger partial charge in [0, 0.05) is 17.4 Å². The lowest BCUT2D eigenvalue weighted by molar-refractivity contribution is -0.134. The number of rotatable bonds is 6. The fraction of sp³-hybridized carbons (Fsp3) is 0.348. The second-order valence-corrected chi connectivity index (χ2v) is 7.97. The van der Waals surface area contributed by atoms with E-state index in [4.69, 9.17) is 4.42 Å². The second kappa shape index (κ2) is 7.94. The van der Waals surface area contributed by atoms with Crippen LogP contribution in [0.1, 0.15) is 35.9 Å². The van der Waals surface area contributed by atoms with Crippen LogP contribution in [0, 0.1) is 6.92 Å². The number of aromatic nitrogens is 1. The van der Waals surface area contributed by atoms with E-state index in [9.17, 15) is 14.4 Å². The first-order valence-electron chi connectivity index (χ1n) is 10.3. The first-order valence-corrected chi connectivity index (χ1v) is 10.3. The number of para-hydroxylation sites is 1. The number of nitrogens with one attached hydrogen (secondary N) is 2. The summed E-state index contributed by atoms with van der Waals surface area (Å²) in [7, 11) is 0. The van der Waals surface area contributed by atoms with Gasteiger partial charge in [-0.25, -0.2) is 0 Å². The molecule has 8 nitrogen and oxygen atoms in total. The Morgan fingerprint density at radius 1 is 1.16 bits per heavy atom. The summed E-state index contributed by atoms with van der Waals surface area (Å²) < 4.78 is 7.31. The molecule has 3 heterocycles. The molecular formula is C23H26N4O4. The minimum absolute atomic E-state index is 0.181. The van der Waals surface area contributed by atoms with Crippen LogP contribution in [0.5, 0.6) is 0 Å². The predicted molar refractivity (Wildman–Crippen MR) is 115 cm³/mol. The molecule has 1 aliphatic heterocycles. The lowest BCUT2D eigenvalue weighted by atomic mass is 9.95. The number of carbonyl (C=O) groups excluding carboxylic acids is 3. The number of hydrogen-bond donors (Lipinski definition) is 2. The summed E-state index contributed by atoms with van der Waals surface area (Å²) in [5.74, 6) is 0.522. The van der Waals surface area contributed by atoms with Gasteiger partial charge in [0.1, 0.15) is 22.8 Å². The lowest BCUT2D eigenvalue weighted by Gasteiger charge is -2.43. The molecule has 1 aliphatic rings. The van der Waals surface area contributed by atoms with Gasteiger partial charge in [-0.2, -0.15) is 0 Å². The normalized spacial score (nSPS) is 18.2. The number of carbonyl (C=O) groups is 3. The first-order chi connectivity index (χ1) is 14.8. The number of hydrogen-bond acceptors (Lipinski definition) is 4. The fourth-order valence-electron chi connectivity index (χ4n) is 4.18. The van der Waals surface area contributed by atoms with Crippen molar-refractivity contribution in [3.05, 3.63) is 59.7 Å². The highest BCUT2D eigenvalue weighted by atomic mass is 16.3. The maximum absolute atomic E-state index is 13.2. The maximum Gasteiger partial charge on any atom is 0.271 e. The molecule has 0 spiro atoms. The molecule has 0 aliphatic carbocycles.